The highest BCUT2D eigenvalue weighted by atomic mass is 127. The minimum atomic E-state index is -0.653. The van der Waals surface area contributed by atoms with E-state index in [0.29, 0.717) is 13.0 Å². The number of carbonyl (C=O) groups excluding carboxylic acids is 2. The normalized spacial score (nSPS) is 20.1. The first kappa shape index (κ1) is 15.9. The Morgan fingerprint density at radius 2 is 2.05 bits per heavy atom. The van der Waals surface area contributed by atoms with E-state index in [4.69, 9.17) is 0 Å². The Labute approximate surface area is 141 Å². The highest BCUT2D eigenvalue weighted by molar-refractivity contribution is 14.1. The van der Waals surface area contributed by atoms with Gasteiger partial charge in [-0.3, -0.25) is 9.59 Å². The highest BCUT2D eigenvalue weighted by Gasteiger charge is 2.40. The van der Waals surface area contributed by atoms with Gasteiger partial charge in [-0.25, -0.2) is 0 Å². The first-order valence-electron chi connectivity index (χ1n) is 6.61. The first-order chi connectivity index (χ1) is 9.32. The molecule has 20 heavy (non-hydrogen) atoms. The van der Waals surface area contributed by atoms with Crippen molar-refractivity contribution in [3.8, 4) is 0 Å². The summed E-state index contributed by atoms with van der Waals surface area (Å²) in [6, 6.07) is 7.78. The highest BCUT2D eigenvalue weighted by Crippen LogP contribution is 2.32. The number of hydrogen-bond donors (Lipinski definition) is 0. The number of anilines is 1. The van der Waals surface area contributed by atoms with Crippen LogP contribution in [-0.4, -0.2) is 22.6 Å². The van der Waals surface area contributed by atoms with Crippen LogP contribution in [0.25, 0.3) is 0 Å². The van der Waals surface area contributed by atoms with Crippen LogP contribution in [0.1, 0.15) is 26.7 Å². The molecule has 0 spiro atoms. The van der Waals surface area contributed by atoms with Crippen molar-refractivity contribution in [1.82, 2.24) is 0 Å². The van der Waals surface area contributed by atoms with Crippen molar-refractivity contribution in [1.29, 1.82) is 0 Å². The molecule has 1 saturated heterocycles. The summed E-state index contributed by atoms with van der Waals surface area (Å²) in [6.07, 6.45) is 1.50. The van der Waals surface area contributed by atoms with Crippen LogP contribution in [0.5, 0.6) is 0 Å². The molecule has 1 aromatic rings. The topological polar surface area (TPSA) is 37.4 Å². The summed E-state index contributed by atoms with van der Waals surface area (Å²) in [6.45, 7) is 4.28. The molecular formula is C15H17BrINO2. The maximum Gasteiger partial charge on any atom is 0.237 e. The number of ketones is 1. The molecule has 3 nitrogen and oxygen atoms in total. The van der Waals surface area contributed by atoms with Crippen molar-refractivity contribution in [2.75, 3.05) is 11.4 Å². The van der Waals surface area contributed by atoms with Gasteiger partial charge in [-0.2, -0.15) is 0 Å². The molecule has 0 aromatic heterocycles. The van der Waals surface area contributed by atoms with Gasteiger partial charge in [0.05, 0.1) is 15.9 Å². The van der Waals surface area contributed by atoms with Crippen LogP contribution in [0.3, 0.4) is 0 Å². The second-order valence-electron chi connectivity index (χ2n) is 5.47. The molecule has 1 unspecified atom stereocenters. The molecule has 1 fully saturated rings. The van der Waals surface area contributed by atoms with Crippen LogP contribution in [0.4, 0.5) is 5.69 Å². The number of amides is 1. The van der Waals surface area contributed by atoms with Gasteiger partial charge < -0.3 is 4.90 Å². The quantitative estimate of drug-likeness (QED) is 0.400. The average Bonchev–Trinajstić information content (AvgIpc) is 2.38. The molecule has 1 amide bonds. The Kier molecular flexibility index (Phi) is 4.89. The van der Waals surface area contributed by atoms with Crippen LogP contribution in [0.15, 0.2) is 24.3 Å². The lowest BCUT2D eigenvalue weighted by Gasteiger charge is -2.34. The average molecular weight is 450 g/mol. The number of Topliss-reactive ketones (excluding diaryl/α,β-unsaturated/α-hetero) is 1. The molecule has 1 aliphatic heterocycles. The number of carbonyl (C=O) groups is 2. The standard InChI is InChI=1S/C15H17BrINO2/c1-15(2,16)13(19)10-6-5-9-18(14(10)20)12-8-4-3-7-11(12)17/h3-4,7-8,10H,5-6,9H2,1-2H3. The molecule has 1 heterocycles. The monoisotopic (exact) mass is 449 g/mol. The van der Waals surface area contributed by atoms with E-state index in [-0.39, 0.29) is 11.7 Å². The van der Waals surface area contributed by atoms with Gasteiger partial charge in [0, 0.05) is 10.1 Å². The number of hydrogen-bond acceptors (Lipinski definition) is 2. The maximum atomic E-state index is 12.6. The predicted molar refractivity (Wildman–Crippen MR) is 92.2 cm³/mol. The predicted octanol–water partition coefficient (Wildman–Crippen LogP) is 3.78. The molecule has 5 heteroatoms. The van der Waals surface area contributed by atoms with Crippen molar-refractivity contribution >= 4 is 55.9 Å². The number of rotatable bonds is 3. The molecule has 2 rings (SSSR count). The third-order valence-corrected chi connectivity index (χ3v) is 4.79. The first-order valence-corrected chi connectivity index (χ1v) is 8.48. The number of benzene rings is 1. The molecule has 108 valence electrons. The van der Waals surface area contributed by atoms with Gasteiger partial charge in [0.1, 0.15) is 0 Å². The van der Waals surface area contributed by atoms with E-state index in [0.717, 1.165) is 15.7 Å². The van der Waals surface area contributed by atoms with Crippen molar-refractivity contribution < 1.29 is 9.59 Å². The van der Waals surface area contributed by atoms with Gasteiger partial charge in [-0.05, 0) is 61.4 Å². The van der Waals surface area contributed by atoms with Gasteiger partial charge in [-0.1, -0.05) is 28.1 Å². The minimum Gasteiger partial charge on any atom is -0.311 e. The minimum absolute atomic E-state index is 0.0295. The number of piperidine rings is 1. The Morgan fingerprint density at radius 1 is 1.40 bits per heavy atom. The summed E-state index contributed by atoms with van der Waals surface area (Å²) in [5, 5.41) is 0. The van der Waals surface area contributed by atoms with Gasteiger partial charge >= 0.3 is 0 Å². The Balaban J connectivity index is 2.28. The third-order valence-electron chi connectivity index (χ3n) is 3.48. The number of alkyl halides is 1. The van der Waals surface area contributed by atoms with Crippen LogP contribution in [0, 0.1) is 9.49 Å². The van der Waals surface area contributed by atoms with Crippen LogP contribution in [0.2, 0.25) is 0 Å². The van der Waals surface area contributed by atoms with E-state index in [1.165, 1.54) is 0 Å². The van der Waals surface area contributed by atoms with Gasteiger partial charge in [0.25, 0.3) is 0 Å². The Morgan fingerprint density at radius 3 is 2.65 bits per heavy atom. The smallest absolute Gasteiger partial charge is 0.237 e. The zero-order chi connectivity index (χ0) is 14.9. The molecule has 1 aliphatic rings. The molecule has 0 radical (unpaired) electrons. The second-order valence-corrected chi connectivity index (χ2v) is 8.62. The lowest BCUT2D eigenvalue weighted by atomic mass is 9.87. The van der Waals surface area contributed by atoms with Crippen LogP contribution in [-0.2, 0) is 9.59 Å². The number of halogens is 2. The van der Waals surface area contributed by atoms with Gasteiger partial charge in [0.2, 0.25) is 5.91 Å². The van der Waals surface area contributed by atoms with Crippen molar-refractivity contribution in [3.63, 3.8) is 0 Å². The fourth-order valence-electron chi connectivity index (χ4n) is 2.44. The number of para-hydroxylation sites is 1. The lowest BCUT2D eigenvalue weighted by molar-refractivity contribution is -0.134. The second kappa shape index (κ2) is 6.13. The van der Waals surface area contributed by atoms with Crippen LogP contribution >= 0.6 is 38.5 Å². The zero-order valence-corrected chi connectivity index (χ0v) is 15.3. The molecule has 0 aliphatic carbocycles. The van der Waals surface area contributed by atoms with Crippen molar-refractivity contribution in [2.24, 2.45) is 5.92 Å². The summed E-state index contributed by atoms with van der Waals surface area (Å²) >= 11 is 5.60. The summed E-state index contributed by atoms with van der Waals surface area (Å²) in [4.78, 5) is 26.8. The number of nitrogens with zero attached hydrogens (tertiary/aromatic N) is 1. The molecule has 1 atom stereocenters. The summed E-state index contributed by atoms with van der Waals surface area (Å²) in [5.41, 5.74) is 0.906. The third kappa shape index (κ3) is 3.24. The van der Waals surface area contributed by atoms with E-state index < -0.39 is 10.2 Å². The van der Waals surface area contributed by atoms with Crippen molar-refractivity contribution in [2.45, 2.75) is 31.0 Å². The Bertz CT molecular complexity index is 539. The molecule has 1 aromatic carbocycles. The fourth-order valence-corrected chi connectivity index (χ4v) is 3.40. The van der Waals surface area contributed by atoms with Gasteiger partial charge in [0.15, 0.2) is 5.78 Å². The summed E-state index contributed by atoms with van der Waals surface area (Å²) in [7, 11) is 0. The zero-order valence-electron chi connectivity index (χ0n) is 11.5. The Hall–Kier alpha value is -0.430. The van der Waals surface area contributed by atoms with Gasteiger partial charge in [-0.15, -0.1) is 0 Å². The molecule has 0 bridgehead atoms. The maximum absolute atomic E-state index is 12.6. The van der Waals surface area contributed by atoms with E-state index in [2.05, 4.69) is 38.5 Å². The van der Waals surface area contributed by atoms with E-state index in [1.807, 2.05) is 24.3 Å². The van der Waals surface area contributed by atoms with E-state index in [9.17, 15) is 9.59 Å². The summed E-state index contributed by atoms with van der Waals surface area (Å²) < 4.78 is 0.379. The molecule has 0 N–H and O–H groups in total. The fraction of sp³-hybridized carbons (Fsp3) is 0.467. The summed E-state index contributed by atoms with van der Waals surface area (Å²) in [5.74, 6) is -0.634. The largest absolute Gasteiger partial charge is 0.311 e. The van der Waals surface area contributed by atoms with Crippen molar-refractivity contribution in [3.05, 3.63) is 27.8 Å². The van der Waals surface area contributed by atoms with E-state index in [1.54, 1.807) is 18.7 Å². The lowest BCUT2D eigenvalue weighted by Crippen LogP contribution is -2.48. The van der Waals surface area contributed by atoms with E-state index >= 15 is 0 Å². The van der Waals surface area contributed by atoms with Crippen LogP contribution < -0.4 is 4.90 Å². The molecule has 0 saturated carbocycles. The molecular weight excluding hydrogens is 433 g/mol. The SMILES string of the molecule is CC(C)(Br)C(=O)C1CCCN(c2ccccc2I)C1=O.